The third-order valence-electron chi connectivity index (χ3n) is 1.28. The van der Waals surface area contributed by atoms with Crippen molar-refractivity contribution in [2.75, 3.05) is 0 Å². The minimum atomic E-state index is -4.74. The van der Waals surface area contributed by atoms with Crippen LogP contribution in [0.4, 0.5) is 13.2 Å². The van der Waals surface area contributed by atoms with Crippen LogP contribution in [0.25, 0.3) is 0 Å². The first-order chi connectivity index (χ1) is 6.73. The van der Waals surface area contributed by atoms with Gasteiger partial charge < -0.3 is 5.11 Å². The van der Waals surface area contributed by atoms with Crippen LogP contribution in [-0.4, -0.2) is 21.0 Å². The summed E-state index contributed by atoms with van der Waals surface area (Å²) in [5, 5.41) is 7.69. The second kappa shape index (κ2) is 3.93. The Morgan fingerprint density at radius 3 is 2.33 bits per heavy atom. The van der Waals surface area contributed by atoms with Gasteiger partial charge in [-0.15, -0.1) is 0 Å². The van der Waals surface area contributed by atoms with Crippen LogP contribution in [-0.2, 0) is 6.18 Å². The van der Waals surface area contributed by atoms with Crippen molar-refractivity contribution in [3.8, 4) is 0 Å². The molecule has 0 aliphatic heterocycles. The predicted molar refractivity (Wildman–Crippen MR) is 46.7 cm³/mol. The van der Waals surface area contributed by atoms with Gasteiger partial charge in [-0.3, -0.25) is 0 Å². The number of nitrogens with zero attached hydrogens (tertiary/aromatic N) is 2. The van der Waals surface area contributed by atoms with E-state index in [0.717, 1.165) is 0 Å². The SMILES string of the molecule is O=C(O)c1nc(Br)c(C(F)(F)F)nc1Cl. The molecule has 1 rings (SSSR count). The average Bonchev–Trinajstić information content (AvgIpc) is 2.06. The molecule has 1 heterocycles. The molecule has 15 heavy (non-hydrogen) atoms. The molecule has 0 fully saturated rings. The molecule has 0 aliphatic rings. The van der Waals surface area contributed by atoms with Crippen molar-refractivity contribution in [3.63, 3.8) is 0 Å². The lowest BCUT2D eigenvalue weighted by molar-refractivity contribution is -0.142. The van der Waals surface area contributed by atoms with Gasteiger partial charge in [-0.25, -0.2) is 14.8 Å². The number of rotatable bonds is 1. The third kappa shape index (κ3) is 2.57. The fourth-order valence-corrected chi connectivity index (χ4v) is 1.41. The number of hydrogen-bond donors (Lipinski definition) is 1. The van der Waals surface area contributed by atoms with E-state index in [1.165, 1.54) is 0 Å². The zero-order chi connectivity index (χ0) is 11.8. The van der Waals surface area contributed by atoms with Crippen molar-refractivity contribution >= 4 is 33.5 Å². The molecule has 1 N–H and O–H groups in total. The maximum atomic E-state index is 12.2. The van der Waals surface area contributed by atoms with Gasteiger partial charge in [0.2, 0.25) is 0 Å². The molecule has 1 aromatic heterocycles. The van der Waals surface area contributed by atoms with E-state index in [2.05, 4.69) is 25.9 Å². The second-order valence-electron chi connectivity index (χ2n) is 2.31. The van der Waals surface area contributed by atoms with Crippen LogP contribution in [0.1, 0.15) is 16.2 Å². The molecule has 82 valence electrons. The predicted octanol–water partition coefficient (Wildman–Crippen LogP) is 2.61. The number of carbonyl (C=O) groups is 1. The normalized spacial score (nSPS) is 11.5. The topological polar surface area (TPSA) is 63.1 Å². The summed E-state index contributed by atoms with van der Waals surface area (Å²) in [5.41, 5.74) is -2.10. The van der Waals surface area contributed by atoms with Crippen LogP contribution in [0.15, 0.2) is 4.60 Å². The van der Waals surface area contributed by atoms with E-state index in [9.17, 15) is 18.0 Å². The Balaban J connectivity index is 3.39. The lowest BCUT2D eigenvalue weighted by Crippen LogP contribution is -2.14. The number of aromatic nitrogens is 2. The van der Waals surface area contributed by atoms with E-state index >= 15 is 0 Å². The molecule has 0 saturated carbocycles. The lowest BCUT2D eigenvalue weighted by Gasteiger charge is -2.08. The summed E-state index contributed by atoms with van der Waals surface area (Å²) in [6.07, 6.45) is -4.74. The maximum absolute atomic E-state index is 12.2. The highest BCUT2D eigenvalue weighted by Crippen LogP contribution is 2.33. The summed E-state index contributed by atoms with van der Waals surface area (Å²) >= 11 is 7.70. The fraction of sp³-hybridized carbons (Fsp3) is 0.167. The maximum Gasteiger partial charge on any atom is 0.436 e. The molecular formula is C6HBrClF3N2O2. The Kier molecular flexibility index (Phi) is 3.19. The van der Waals surface area contributed by atoms with Gasteiger partial charge in [0.25, 0.3) is 0 Å². The molecular weight excluding hydrogens is 304 g/mol. The van der Waals surface area contributed by atoms with Gasteiger partial charge in [-0.05, 0) is 15.9 Å². The Hall–Kier alpha value is -0.890. The molecule has 0 unspecified atom stereocenters. The van der Waals surface area contributed by atoms with Crippen molar-refractivity contribution in [2.45, 2.75) is 6.18 Å². The minimum absolute atomic E-state index is 0.711. The molecule has 0 amide bonds. The van der Waals surface area contributed by atoms with Crippen LogP contribution in [0.3, 0.4) is 0 Å². The van der Waals surface area contributed by atoms with Crippen LogP contribution in [0.5, 0.6) is 0 Å². The number of alkyl halides is 3. The zero-order valence-corrected chi connectivity index (χ0v) is 8.98. The Bertz CT molecular complexity index is 424. The average molecular weight is 305 g/mol. The van der Waals surface area contributed by atoms with Crippen molar-refractivity contribution in [1.82, 2.24) is 9.97 Å². The van der Waals surface area contributed by atoms with Crippen LogP contribution in [0.2, 0.25) is 5.15 Å². The van der Waals surface area contributed by atoms with Gasteiger partial charge in [0.05, 0.1) is 0 Å². The van der Waals surface area contributed by atoms with E-state index in [1.54, 1.807) is 0 Å². The first-order valence-electron chi connectivity index (χ1n) is 3.27. The molecule has 0 aromatic carbocycles. The van der Waals surface area contributed by atoms with E-state index in [0.29, 0.717) is 0 Å². The van der Waals surface area contributed by atoms with E-state index in [1.807, 2.05) is 0 Å². The van der Waals surface area contributed by atoms with Crippen molar-refractivity contribution in [2.24, 2.45) is 0 Å². The van der Waals surface area contributed by atoms with Gasteiger partial charge in [0.15, 0.2) is 16.5 Å². The number of aromatic carboxylic acids is 1. The summed E-state index contributed by atoms with van der Waals surface area (Å²) in [6.45, 7) is 0. The van der Waals surface area contributed by atoms with E-state index in [-0.39, 0.29) is 0 Å². The van der Waals surface area contributed by atoms with E-state index < -0.39 is 33.3 Å². The number of halogens is 5. The van der Waals surface area contributed by atoms with Gasteiger partial charge in [-0.1, -0.05) is 11.6 Å². The number of hydrogen-bond acceptors (Lipinski definition) is 3. The standard InChI is InChI=1S/C6HBrClF3N2O2/c7-3-2(6(9,10)11)13-4(8)1(12-3)5(14)15/h(H,14,15). The van der Waals surface area contributed by atoms with Crippen LogP contribution < -0.4 is 0 Å². The summed E-state index contributed by atoms with van der Waals surface area (Å²) in [4.78, 5) is 16.5. The monoisotopic (exact) mass is 304 g/mol. The summed E-state index contributed by atoms with van der Waals surface area (Å²) in [7, 11) is 0. The second-order valence-corrected chi connectivity index (χ2v) is 3.41. The Labute approximate surface area is 94.2 Å². The first kappa shape index (κ1) is 12.2. The van der Waals surface area contributed by atoms with Gasteiger partial charge in [0, 0.05) is 0 Å². The lowest BCUT2D eigenvalue weighted by atomic mass is 10.4. The highest BCUT2D eigenvalue weighted by molar-refractivity contribution is 9.10. The number of carboxylic acid groups (broad SMARTS) is 1. The summed E-state index contributed by atoms with van der Waals surface area (Å²) < 4.78 is 36.0. The van der Waals surface area contributed by atoms with E-state index in [4.69, 9.17) is 16.7 Å². The quantitative estimate of drug-likeness (QED) is 0.866. The van der Waals surface area contributed by atoms with Gasteiger partial charge in [0.1, 0.15) is 4.60 Å². The zero-order valence-electron chi connectivity index (χ0n) is 6.64. The molecule has 0 saturated heterocycles. The summed E-state index contributed by atoms with van der Waals surface area (Å²) in [5.74, 6) is -1.55. The molecule has 0 aliphatic carbocycles. The van der Waals surface area contributed by atoms with Crippen molar-refractivity contribution in [1.29, 1.82) is 0 Å². The molecule has 0 atom stereocenters. The molecule has 0 spiro atoms. The molecule has 9 heteroatoms. The largest absolute Gasteiger partial charge is 0.476 e. The summed E-state index contributed by atoms with van der Waals surface area (Å²) in [6, 6.07) is 0. The van der Waals surface area contributed by atoms with Gasteiger partial charge in [-0.2, -0.15) is 13.2 Å². The molecule has 0 radical (unpaired) electrons. The Morgan fingerprint density at radius 1 is 1.40 bits per heavy atom. The smallest absolute Gasteiger partial charge is 0.436 e. The van der Waals surface area contributed by atoms with Crippen LogP contribution >= 0.6 is 27.5 Å². The molecule has 0 bridgehead atoms. The van der Waals surface area contributed by atoms with Crippen molar-refractivity contribution in [3.05, 3.63) is 21.1 Å². The molecule has 4 nitrogen and oxygen atoms in total. The number of carboxylic acids is 1. The van der Waals surface area contributed by atoms with Gasteiger partial charge >= 0.3 is 12.1 Å². The Morgan fingerprint density at radius 2 is 1.93 bits per heavy atom. The van der Waals surface area contributed by atoms with Crippen LogP contribution in [0, 0.1) is 0 Å². The highest BCUT2D eigenvalue weighted by Gasteiger charge is 2.37. The molecule has 1 aromatic rings. The highest BCUT2D eigenvalue weighted by atomic mass is 79.9. The minimum Gasteiger partial charge on any atom is -0.476 e. The fourth-order valence-electron chi connectivity index (χ4n) is 0.711. The third-order valence-corrected chi connectivity index (χ3v) is 2.10. The first-order valence-corrected chi connectivity index (χ1v) is 4.44. The van der Waals surface area contributed by atoms with Crippen molar-refractivity contribution < 1.29 is 23.1 Å².